The molecule has 298 valence electrons. The molecule has 52 heavy (non-hydrogen) atoms. The minimum atomic E-state index is -5.24. The average molecular weight is 824 g/mol. The molecule has 0 aliphatic heterocycles. The molecule has 0 spiro atoms. The van der Waals surface area contributed by atoms with Gasteiger partial charge >= 0.3 is 30.4 Å². The largest absolute Gasteiger partial charge is 0.342 e. The highest BCUT2D eigenvalue weighted by molar-refractivity contribution is 7.71. The summed E-state index contributed by atoms with van der Waals surface area (Å²) >= 11 is 0. The van der Waals surface area contributed by atoms with Crippen LogP contribution in [0.2, 0.25) is 0 Å². The molecule has 1 rings (SSSR count). The van der Waals surface area contributed by atoms with Gasteiger partial charge in [-0.25, -0.2) is 0 Å². The van der Waals surface area contributed by atoms with Crippen molar-refractivity contribution in [3.8, 4) is 0 Å². The maximum atomic E-state index is 12.4. The van der Waals surface area contributed by atoms with Crippen LogP contribution in [0.15, 0.2) is 18.2 Å². The van der Waals surface area contributed by atoms with E-state index >= 15 is 0 Å². The van der Waals surface area contributed by atoms with Crippen molar-refractivity contribution in [3.63, 3.8) is 0 Å². The first-order chi connectivity index (χ1) is 23.6. The topological polar surface area (TPSA) is 324 Å². The van der Waals surface area contributed by atoms with Gasteiger partial charge in [-0.05, 0) is 37.8 Å². The summed E-state index contributed by atoms with van der Waals surface area (Å²) in [5.74, 6) is -1.92. The lowest BCUT2D eigenvalue weighted by molar-refractivity contribution is -0.130. The zero-order chi connectivity index (χ0) is 40.2. The molecule has 1 aromatic rings. The van der Waals surface area contributed by atoms with Gasteiger partial charge in [-0.2, -0.15) is 0 Å². The number of unbranched alkanes of at least 4 members (excludes halogenated alkanes) is 2. The van der Waals surface area contributed by atoms with Crippen LogP contribution >= 0.6 is 30.4 Å². The fraction of sp³-hybridized carbons (Fsp3) is 0.667. The molecular formula is C27H49N5O16P4. The number of hydrogen-bond donors (Lipinski definition) is 8. The second-order valence-electron chi connectivity index (χ2n) is 12.2. The monoisotopic (exact) mass is 823 g/mol. The van der Waals surface area contributed by atoms with Crippen molar-refractivity contribution in [3.05, 3.63) is 29.6 Å². The number of carbonyl (C=O) groups excluding carboxylic acids is 4. The van der Waals surface area contributed by atoms with E-state index in [2.05, 4.69) is 4.98 Å². The predicted molar refractivity (Wildman–Crippen MR) is 185 cm³/mol. The van der Waals surface area contributed by atoms with Crippen LogP contribution in [-0.4, -0.2) is 137 Å². The van der Waals surface area contributed by atoms with Crippen molar-refractivity contribution in [2.45, 2.75) is 77.3 Å². The number of amides is 4. The molecule has 1 aromatic heterocycles. The molecule has 0 atom stereocenters. The molecule has 1 heterocycles. The molecular weight excluding hydrogens is 774 g/mol. The van der Waals surface area contributed by atoms with E-state index in [1.54, 1.807) is 18.2 Å². The van der Waals surface area contributed by atoms with Gasteiger partial charge in [0.2, 0.25) is 23.6 Å². The van der Waals surface area contributed by atoms with Crippen LogP contribution in [0.25, 0.3) is 0 Å². The van der Waals surface area contributed by atoms with Crippen LogP contribution in [-0.2, 0) is 50.5 Å². The van der Waals surface area contributed by atoms with E-state index in [0.717, 1.165) is 23.6 Å². The number of hydrogen-bond acceptors (Lipinski definition) is 9. The Morgan fingerprint density at radius 2 is 0.769 bits per heavy atom. The second-order valence-corrected chi connectivity index (χ2v) is 20.2. The summed E-state index contributed by atoms with van der Waals surface area (Å²) in [6, 6.07) is 5.01. The summed E-state index contributed by atoms with van der Waals surface area (Å²) < 4.78 is 46.6. The molecule has 0 saturated carbocycles. The number of carbonyl (C=O) groups is 4. The molecule has 0 fully saturated rings. The lowest BCUT2D eigenvalue weighted by Gasteiger charge is -2.28. The summed E-state index contributed by atoms with van der Waals surface area (Å²) in [6.45, 7) is 3.50. The van der Waals surface area contributed by atoms with Crippen LogP contribution < -0.4 is 0 Å². The van der Waals surface area contributed by atoms with E-state index in [0.29, 0.717) is 24.2 Å². The minimum Gasteiger partial charge on any atom is -0.341 e. The first-order valence-electron chi connectivity index (χ1n) is 15.8. The van der Waals surface area contributed by atoms with Gasteiger partial charge in [-0.3, -0.25) is 42.4 Å². The second kappa shape index (κ2) is 20.3. The Hall–Kier alpha value is -2.37. The normalized spacial score (nSPS) is 12.6. The summed E-state index contributed by atoms with van der Waals surface area (Å²) in [5, 5.41) is -4.74. The standard InChI is InChI=1S/C27H49N5O16P4/c1-20(33)29(12-5-7-14-31(22(3)35)18-26(49(37,38)39)50(40,41)42)16-24-10-9-11-25(28-24)17-30(21(2)34)13-6-8-15-32(23(4)36)19-27(51(43,44)45)52(46,47)48/h9-11,26-27H,5-8,12-19H2,1-4H3,(H2,37,38,39)(H2,40,41,42)(H2,43,44,45)(H2,46,47,48). The van der Waals surface area contributed by atoms with Gasteiger partial charge in [0.05, 0.1) is 24.5 Å². The third-order valence-corrected chi connectivity index (χ3v) is 15.3. The van der Waals surface area contributed by atoms with E-state index in [9.17, 15) is 76.6 Å². The van der Waals surface area contributed by atoms with Crippen LogP contribution in [0.4, 0.5) is 0 Å². The zero-order valence-electron chi connectivity index (χ0n) is 29.2. The molecule has 0 bridgehead atoms. The quantitative estimate of drug-likeness (QED) is 0.0579. The first-order valence-corrected chi connectivity index (χ1v) is 22.5. The fourth-order valence-electron chi connectivity index (χ4n) is 4.97. The zero-order valence-corrected chi connectivity index (χ0v) is 32.8. The van der Waals surface area contributed by atoms with Crippen molar-refractivity contribution in [1.82, 2.24) is 24.6 Å². The number of rotatable bonds is 22. The average Bonchev–Trinajstić information content (AvgIpc) is 2.95. The molecule has 0 unspecified atom stereocenters. The Balaban J connectivity index is 2.84. The maximum Gasteiger partial charge on any atom is 0.342 e. The summed E-state index contributed by atoms with van der Waals surface area (Å²) in [6.07, 6.45) is 1.10. The Bertz CT molecular complexity index is 1440. The van der Waals surface area contributed by atoms with Gasteiger partial charge in [0.1, 0.15) is 0 Å². The summed E-state index contributed by atoms with van der Waals surface area (Å²) in [7, 11) is -21.0. The van der Waals surface area contributed by atoms with Crippen LogP contribution in [0.3, 0.4) is 0 Å². The highest BCUT2D eigenvalue weighted by atomic mass is 31.2. The lowest BCUT2D eigenvalue weighted by atomic mass is 10.2. The van der Waals surface area contributed by atoms with Crippen molar-refractivity contribution >= 4 is 54.0 Å². The Morgan fingerprint density at radius 3 is 1.00 bits per heavy atom. The molecule has 0 saturated heterocycles. The predicted octanol–water partition coefficient (Wildman–Crippen LogP) is 0.399. The fourth-order valence-corrected chi connectivity index (χ4v) is 9.74. The Labute approximate surface area is 301 Å². The number of nitrogens with zero attached hydrogens (tertiary/aromatic N) is 5. The number of aromatic nitrogens is 1. The lowest BCUT2D eigenvalue weighted by Crippen LogP contribution is -2.37. The third-order valence-electron chi connectivity index (χ3n) is 7.88. The molecule has 8 N–H and O–H groups in total. The molecule has 0 aromatic carbocycles. The van der Waals surface area contributed by atoms with Crippen molar-refractivity contribution in [1.29, 1.82) is 0 Å². The van der Waals surface area contributed by atoms with E-state index in [1.165, 1.54) is 23.6 Å². The molecule has 0 radical (unpaired) electrons. The van der Waals surface area contributed by atoms with Crippen molar-refractivity contribution in [2.24, 2.45) is 0 Å². The van der Waals surface area contributed by atoms with Crippen molar-refractivity contribution < 1.29 is 76.6 Å². The highest BCUT2D eigenvalue weighted by Gasteiger charge is 2.45. The van der Waals surface area contributed by atoms with Gasteiger partial charge in [-0.15, -0.1) is 0 Å². The van der Waals surface area contributed by atoms with Crippen LogP contribution in [0.5, 0.6) is 0 Å². The molecule has 25 heteroatoms. The van der Waals surface area contributed by atoms with E-state index in [1.807, 2.05) is 0 Å². The first kappa shape index (κ1) is 47.7. The highest BCUT2D eigenvalue weighted by Crippen LogP contribution is 2.60. The van der Waals surface area contributed by atoms with E-state index in [-0.39, 0.29) is 63.9 Å². The third kappa shape index (κ3) is 17.2. The smallest absolute Gasteiger partial charge is 0.341 e. The van der Waals surface area contributed by atoms with Gasteiger partial charge in [-0.1, -0.05) is 6.07 Å². The maximum absolute atomic E-state index is 12.4. The number of pyridine rings is 1. The minimum absolute atomic E-state index is 0.0727. The molecule has 0 aliphatic carbocycles. The molecule has 21 nitrogen and oxygen atoms in total. The summed E-state index contributed by atoms with van der Waals surface area (Å²) in [5.41, 5.74) is 0.962. The molecule has 0 aliphatic rings. The van der Waals surface area contributed by atoms with E-state index in [4.69, 9.17) is 0 Å². The van der Waals surface area contributed by atoms with Gasteiger partial charge < -0.3 is 58.7 Å². The Morgan fingerprint density at radius 1 is 0.519 bits per heavy atom. The van der Waals surface area contributed by atoms with E-state index < -0.39 is 66.1 Å². The SMILES string of the molecule is CC(=O)N(CCCCN(CC(P(=O)(O)O)P(=O)(O)O)C(C)=O)Cc1cccc(CN(CCCCN(CC(P(=O)(O)O)P(=O)(O)O)C(C)=O)C(C)=O)n1. The van der Waals surface area contributed by atoms with Gasteiger partial charge in [0.15, 0.2) is 10.8 Å². The van der Waals surface area contributed by atoms with Crippen LogP contribution in [0.1, 0.15) is 64.8 Å². The summed E-state index contributed by atoms with van der Waals surface area (Å²) in [4.78, 5) is 133. The van der Waals surface area contributed by atoms with Gasteiger partial charge in [0.25, 0.3) is 0 Å². The van der Waals surface area contributed by atoms with Gasteiger partial charge in [0, 0.05) is 67.0 Å². The Kier molecular flexibility index (Phi) is 18.6. The molecule has 4 amide bonds. The van der Waals surface area contributed by atoms with Crippen LogP contribution in [0, 0.1) is 0 Å². The van der Waals surface area contributed by atoms with Crippen molar-refractivity contribution in [2.75, 3.05) is 39.3 Å².